The number of hydrogen-bond donors (Lipinski definition) is 0. The van der Waals surface area contributed by atoms with Crippen LogP contribution in [0.15, 0.2) is 18.2 Å². The third-order valence-electron chi connectivity index (χ3n) is 2.40. The van der Waals surface area contributed by atoms with E-state index < -0.39 is 11.6 Å². The fourth-order valence-electron chi connectivity index (χ4n) is 1.42. The van der Waals surface area contributed by atoms with Crippen LogP contribution in [0.1, 0.15) is 12.0 Å². The summed E-state index contributed by atoms with van der Waals surface area (Å²) in [4.78, 5) is 12.6. The lowest BCUT2D eigenvalue weighted by Gasteiger charge is -2.16. The van der Waals surface area contributed by atoms with E-state index in [1.807, 2.05) is 0 Å². The molecule has 0 unspecified atom stereocenters. The number of hydrogen-bond acceptors (Lipinski definition) is 3. The summed E-state index contributed by atoms with van der Waals surface area (Å²) < 4.78 is 30.8. The van der Waals surface area contributed by atoms with Crippen LogP contribution in [0.5, 0.6) is 0 Å². The van der Waals surface area contributed by atoms with Crippen LogP contribution in [0.25, 0.3) is 0 Å². The molecule has 0 N–H and O–H groups in total. The monoisotopic (exact) mass is 243 g/mol. The predicted molar refractivity (Wildman–Crippen MR) is 59.3 cm³/mol. The molecule has 0 heterocycles. The zero-order chi connectivity index (χ0) is 12.8. The predicted octanol–water partition coefficient (Wildman–Crippen LogP) is 1.96. The molecule has 0 aliphatic heterocycles. The standard InChI is InChI=1S/C12H15F2NO2/c1-15(7-6-11(16)17-2)8-9-4-3-5-10(13)12(9)14/h3-5H,6-8H2,1-2H3. The number of nitrogens with zero attached hydrogens (tertiary/aromatic N) is 1. The quantitative estimate of drug-likeness (QED) is 0.740. The number of methoxy groups -OCH3 is 1. The summed E-state index contributed by atoms with van der Waals surface area (Å²) in [6.45, 7) is 0.684. The van der Waals surface area contributed by atoms with Crippen molar-refractivity contribution in [2.45, 2.75) is 13.0 Å². The van der Waals surface area contributed by atoms with E-state index in [-0.39, 0.29) is 24.5 Å². The summed E-state index contributed by atoms with van der Waals surface area (Å²) in [6.07, 6.45) is 0.226. The lowest BCUT2D eigenvalue weighted by Crippen LogP contribution is -2.22. The highest BCUT2D eigenvalue weighted by molar-refractivity contribution is 5.69. The van der Waals surface area contributed by atoms with Crippen molar-refractivity contribution in [3.05, 3.63) is 35.4 Å². The Morgan fingerprint density at radius 3 is 2.76 bits per heavy atom. The molecule has 0 aliphatic carbocycles. The molecule has 0 aliphatic rings. The van der Waals surface area contributed by atoms with E-state index in [1.165, 1.54) is 19.2 Å². The molecule has 94 valence electrons. The Balaban J connectivity index is 2.53. The molecule has 5 heteroatoms. The fraction of sp³-hybridized carbons (Fsp3) is 0.417. The molecule has 3 nitrogen and oxygen atoms in total. The second-order valence-electron chi connectivity index (χ2n) is 3.78. The van der Waals surface area contributed by atoms with E-state index in [0.717, 1.165) is 6.07 Å². The molecule has 0 amide bonds. The van der Waals surface area contributed by atoms with Crippen LogP contribution in [0.3, 0.4) is 0 Å². The van der Waals surface area contributed by atoms with E-state index in [9.17, 15) is 13.6 Å². The molecule has 1 aromatic rings. The highest BCUT2D eigenvalue weighted by Crippen LogP contribution is 2.13. The number of carbonyl (C=O) groups is 1. The van der Waals surface area contributed by atoms with Gasteiger partial charge in [-0.05, 0) is 13.1 Å². The summed E-state index contributed by atoms with van der Waals surface area (Å²) in [5, 5.41) is 0. The maximum atomic E-state index is 13.3. The Kier molecular flexibility index (Phi) is 5.03. The topological polar surface area (TPSA) is 29.5 Å². The van der Waals surface area contributed by atoms with Crippen molar-refractivity contribution in [3.63, 3.8) is 0 Å². The molecule has 0 spiro atoms. The SMILES string of the molecule is COC(=O)CCN(C)Cc1cccc(F)c1F. The minimum atomic E-state index is -0.858. The van der Waals surface area contributed by atoms with Crippen LogP contribution in [0.2, 0.25) is 0 Å². The number of carbonyl (C=O) groups excluding carboxylic acids is 1. The molecule has 0 bridgehead atoms. The zero-order valence-electron chi connectivity index (χ0n) is 9.87. The highest BCUT2D eigenvalue weighted by Gasteiger charge is 2.10. The summed E-state index contributed by atoms with van der Waals surface area (Å²) in [6, 6.07) is 4.06. The number of ether oxygens (including phenoxy) is 1. The Labute approximate surface area is 99.0 Å². The van der Waals surface area contributed by atoms with Gasteiger partial charge in [0.1, 0.15) is 0 Å². The second-order valence-corrected chi connectivity index (χ2v) is 3.78. The van der Waals surface area contributed by atoms with Gasteiger partial charge in [0.15, 0.2) is 11.6 Å². The average molecular weight is 243 g/mol. The number of benzene rings is 1. The Morgan fingerprint density at radius 2 is 2.12 bits per heavy atom. The van der Waals surface area contributed by atoms with Gasteiger partial charge in [0.2, 0.25) is 0 Å². The van der Waals surface area contributed by atoms with Crippen LogP contribution in [-0.4, -0.2) is 31.6 Å². The zero-order valence-corrected chi connectivity index (χ0v) is 9.87. The number of rotatable bonds is 5. The van der Waals surface area contributed by atoms with Crippen molar-refractivity contribution >= 4 is 5.97 Å². The molecule has 1 aromatic carbocycles. The van der Waals surface area contributed by atoms with Gasteiger partial charge in [-0.15, -0.1) is 0 Å². The largest absolute Gasteiger partial charge is 0.469 e. The molecule has 1 rings (SSSR count). The Morgan fingerprint density at radius 1 is 1.41 bits per heavy atom. The molecule has 0 aromatic heterocycles. The lowest BCUT2D eigenvalue weighted by atomic mass is 10.2. The van der Waals surface area contributed by atoms with Gasteiger partial charge in [0.25, 0.3) is 0 Å². The third-order valence-corrected chi connectivity index (χ3v) is 2.40. The Bertz CT molecular complexity index is 396. The molecule has 0 radical (unpaired) electrons. The van der Waals surface area contributed by atoms with Gasteiger partial charge in [-0.3, -0.25) is 4.79 Å². The lowest BCUT2D eigenvalue weighted by molar-refractivity contribution is -0.140. The molecule has 0 fully saturated rings. The molecular formula is C12H15F2NO2. The van der Waals surface area contributed by atoms with Crippen molar-refractivity contribution in [1.29, 1.82) is 0 Å². The van der Waals surface area contributed by atoms with Gasteiger partial charge in [0, 0.05) is 18.7 Å². The second kappa shape index (κ2) is 6.30. The van der Waals surface area contributed by atoms with Crippen LogP contribution in [0.4, 0.5) is 8.78 Å². The van der Waals surface area contributed by atoms with E-state index in [4.69, 9.17) is 0 Å². The van der Waals surface area contributed by atoms with Crippen LogP contribution in [0, 0.1) is 11.6 Å². The first-order valence-electron chi connectivity index (χ1n) is 5.23. The van der Waals surface area contributed by atoms with Gasteiger partial charge in [-0.1, -0.05) is 12.1 Å². The smallest absolute Gasteiger partial charge is 0.306 e. The van der Waals surface area contributed by atoms with Gasteiger partial charge >= 0.3 is 5.97 Å². The number of halogens is 2. The van der Waals surface area contributed by atoms with Gasteiger partial charge < -0.3 is 9.64 Å². The van der Waals surface area contributed by atoms with E-state index in [2.05, 4.69) is 4.74 Å². The van der Waals surface area contributed by atoms with Crippen LogP contribution >= 0.6 is 0 Å². The molecule has 0 saturated carbocycles. The van der Waals surface area contributed by atoms with Crippen LogP contribution in [-0.2, 0) is 16.1 Å². The maximum absolute atomic E-state index is 13.3. The van der Waals surface area contributed by atoms with Crippen LogP contribution < -0.4 is 0 Å². The van der Waals surface area contributed by atoms with E-state index in [0.29, 0.717) is 6.54 Å². The van der Waals surface area contributed by atoms with E-state index >= 15 is 0 Å². The summed E-state index contributed by atoms with van der Waals surface area (Å²) >= 11 is 0. The molecule has 0 saturated heterocycles. The minimum absolute atomic E-state index is 0.226. The van der Waals surface area contributed by atoms with Crippen molar-refractivity contribution in [2.24, 2.45) is 0 Å². The number of esters is 1. The molecule has 0 atom stereocenters. The van der Waals surface area contributed by atoms with Crippen molar-refractivity contribution < 1.29 is 18.3 Å². The van der Waals surface area contributed by atoms with Crippen molar-refractivity contribution in [2.75, 3.05) is 20.7 Å². The average Bonchev–Trinajstić information content (AvgIpc) is 2.32. The minimum Gasteiger partial charge on any atom is -0.469 e. The third kappa shape index (κ3) is 4.11. The highest BCUT2D eigenvalue weighted by atomic mass is 19.2. The summed E-state index contributed by atoms with van der Waals surface area (Å²) in [7, 11) is 3.04. The first kappa shape index (κ1) is 13.6. The maximum Gasteiger partial charge on any atom is 0.306 e. The van der Waals surface area contributed by atoms with E-state index in [1.54, 1.807) is 11.9 Å². The van der Waals surface area contributed by atoms with Crippen molar-refractivity contribution in [3.8, 4) is 0 Å². The van der Waals surface area contributed by atoms with Gasteiger partial charge in [0.05, 0.1) is 13.5 Å². The molecular weight excluding hydrogens is 228 g/mol. The first-order chi connectivity index (χ1) is 8.04. The van der Waals surface area contributed by atoms with Gasteiger partial charge in [-0.25, -0.2) is 8.78 Å². The first-order valence-corrected chi connectivity index (χ1v) is 5.23. The molecule has 17 heavy (non-hydrogen) atoms. The van der Waals surface area contributed by atoms with Crippen molar-refractivity contribution in [1.82, 2.24) is 4.90 Å². The fourth-order valence-corrected chi connectivity index (χ4v) is 1.42. The summed E-state index contributed by atoms with van der Waals surface area (Å²) in [5.41, 5.74) is 0.275. The summed E-state index contributed by atoms with van der Waals surface area (Å²) in [5.74, 6) is -2.02. The Hall–Kier alpha value is -1.49. The van der Waals surface area contributed by atoms with Gasteiger partial charge in [-0.2, -0.15) is 0 Å². The normalized spacial score (nSPS) is 10.6.